The van der Waals surface area contributed by atoms with Gasteiger partial charge in [-0.05, 0) is 30.4 Å². The van der Waals surface area contributed by atoms with Gasteiger partial charge in [0.25, 0.3) is 0 Å². The topological polar surface area (TPSA) is 62.5 Å². The molecule has 2 aromatic rings. The van der Waals surface area contributed by atoms with Gasteiger partial charge in [0.05, 0.1) is 12.6 Å². The molecule has 1 amide bonds. The number of hydrogen-bond acceptors (Lipinski definition) is 5. The Labute approximate surface area is 147 Å². The fraction of sp³-hybridized carbons (Fsp3) is 0.526. The van der Waals surface area contributed by atoms with Crippen LogP contribution in [0.3, 0.4) is 0 Å². The molecule has 1 fully saturated rings. The van der Waals surface area contributed by atoms with Crippen molar-refractivity contribution in [3.05, 3.63) is 47.1 Å². The number of aromatic nitrogens is 2. The second-order valence-electron chi connectivity index (χ2n) is 6.88. The molecule has 4 rings (SSSR count). The molecule has 2 aliphatic rings. The average Bonchev–Trinajstić information content (AvgIpc) is 3.32. The van der Waals surface area contributed by atoms with Crippen molar-refractivity contribution in [1.82, 2.24) is 19.9 Å². The molecule has 0 bridgehead atoms. The first-order valence-corrected chi connectivity index (χ1v) is 9.15. The van der Waals surface area contributed by atoms with Gasteiger partial charge in [-0.1, -0.05) is 36.3 Å². The molecule has 6 nitrogen and oxygen atoms in total. The smallest absolute Gasteiger partial charge is 0.240 e. The van der Waals surface area contributed by atoms with E-state index in [0.717, 1.165) is 51.1 Å². The molecular weight excluding hydrogens is 316 g/mol. The van der Waals surface area contributed by atoms with Crippen LogP contribution in [0.5, 0.6) is 0 Å². The van der Waals surface area contributed by atoms with E-state index in [2.05, 4.69) is 39.3 Å². The summed E-state index contributed by atoms with van der Waals surface area (Å²) in [5.41, 5.74) is 2.55. The van der Waals surface area contributed by atoms with E-state index in [-0.39, 0.29) is 11.9 Å². The maximum Gasteiger partial charge on any atom is 0.240 e. The van der Waals surface area contributed by atoms with Gasteiger partial charge in [0.1, 0.15) is 0 Å². The molecule has 0 aliphatic carbocycles. The number of benzene rings is 1. The van der Waals surface area contributed by atoms with E-state index < -0.39 is 0 Å². The monoisotopic (exact) mass is 340 g/mol. The van der Waals surface area contributed by atoms with Gasteiger partial charge in [-0.3, -0.25) is 9.69 Å². The second-order valence-corrected chi connectivity index (χ2v) is 6.88. The lowest BCUT2D eigenvalue weighted by Gasteiger charge is -2.37. The number of amides is 1. The number of nitrogens with zero attached hydrogens (tertiary/aromatic N) is 4. The molecule has 1 saturated heterocycles. The van der Waals surface area contributed by atoms with Gasteiger partial charge in [0.15, 0.2) is 5.82 Å². The van der Waals surface area contributed by atoms with Crippen LogP contribution in [-0.2, 0) is 30.7 Å². The summed E-state index contributed by atoms with van der Waals surface area (Å²) in [5.74, 6) is 1.55. The van der Waals surface area contributed by atoms with Gasteiger partial charge < -0.3 is 9.42 Å². The summed E-state index contributed by atoms with van der Waals surface area (Å²) in [6.07, 6.45) is 3.72. The highest BCUT2D eigenvalue weighted by Crippen LogP contribution is 2.26. The molecule has 0 unspecified atom stereocenters. The van der Waals surface area contributed by atoms with Gasteiger partial charge in [-0.25, -0.2) is 0 Å². The van der Waals surface area contributed by atoms with Crippen LogP contribution in [0.2, 0.25) is 0 Å². The number of carbonyl (C=O) groups is 1. The Bertz CT molecular complexity index is 751. The molecule has 1 aromatic heterocycles. The maximum absolute atomic E-state index is 13.1. The normalized spacial score (nSPS) is 20.7. The Hall–Kier alpha value is -2.21. The lowest BCUT2D eigenvalue weighted by molar-refractivity contribution is -0.137. The van der Waals surface area contributed by atoms with Gasteiger partial charge >= 0.3 is 0 Å². The Morgan fingerprint density at radius 1 is 1.24 bits per heavy atom. The van der Waals surface area contributed by atoms with E-state index in [4.69, 9.17) is 4.52 Å². The van der Waals surface area contributed by atoms with Crippen molar-refractivity contribution >= 4 is 5.91 Å². The second kappa shape index (κ2) is 6.96. The molecule has 0 radical (unpaired) electrons. The molecule has 132 valence electrons. The van der Waals surface area contributed by atoms with Gasteiger partial charge in [0, 0.05) is 26.1 Å². The van der Waals surface area contributed by atoms with Gasteiger partial charge in [-0.15, -0.1) is 0 Å². The molecule has 0 spiro atoms. The van der Waals surface area contributed by atoms with Crippen molar-refractivity contribution in [3.8, 4) is 0 Å². The number of fused-ring (bicyclic) bond motifs is 1. The van der Waals surface area contributed by atoms with Crippen molar-refractivity contribution in [2.24, 2.45) is 0 Å². The lowest BCUT2D eigenvalue weighted by Crippen LogP contribution is -2.50. The molecule has 1 aromatic carbocycles. The van der Waals surface area contributed by atoms with Crippen LogP contribution in [0, 0.1) is 0 Å². The van der Waals surface area contributed by atoms with E-state index in [0.29, 0.717) is 12.4 Å². The van der Waals surface area contributed by atoms with Crippen LogP contribution in [0.4, 0.5) is 0 Å². The average molecular weight is 340 g/mol. The summed E-state index contributed by atoms with van der Waals surface area (Å²) in [7, 11) is 0. The van der Waals surface area contributed by atoms with Crippen LogP contribution in [0.25, 0.3) is 0 Å². The number of hydrogen-bond donors (Lipinski definition) is 0. The zero-order chi connectivity index (χ0) is 17.2. The van der Waals surface area contributed by atoms with Crippen LogP contribution in [-0.4, -0.2) is 45.0 Å². The number of rotatable bonds is 4. The van der Waals surface area contributed by atoms with E-state index >= 15 is 0 Å². The predicted molar refractivity (Wildman–Crippen MR) is 92.7 cm³/mol. The molecule has 0 N–H and O–H groups in total. The molecular formula is C19H24N4O2. The highest BCUT2D eigenvalue weighted by molar-refractivity contribution is 5.82. The van der Waals surface area contributed by atoms with Crippen molar-refractivity contribution in [2.75, 3.05) is 13.1 Å². The van der Waals surface area contributed by atoms with E-state index in [9.17, 15) is 4.79 Å². The molecule has 6 heteroatoms. The van der Waals surface area contributed by atoms with Crippen LogP contribution < -0.4 is 0 Å². The summed E-state index contributed by atoms with van der Waals surface area (Å²) < 4.78 is 5.37. The first kappa shape index (κ1) is 16.3. The number of likely N-dealkylation sites (tertiary alicyclic amines) is 1. The fourth-order valence-corrected chi connectivity index (χ4v) is 3.81. The highest BCUT2D eigenvalue weighted by atomic mass is 16.5. The SMILES string of the molecule is CCc1noc(CN2Cc3ccccc3C[C@@H]2C(=O)N2CCCC2)n1. The summed E-state index contributed by atoms with van der Waals surface area (Å²) in [6.45, 7) is 5.03. The van der Waals surface area contributed by atoms with E-state index in [1.807, 2.05) is 11.8 Å². The molecule has 1 atom stereocenters. The standard InChI is InChI=1S/C19H24N4O2/c1-2-17-20-18(25-21-17)13-23-12-15-8-4-3-7-14(15)11-16(23)19(24)22-9-5-6-10-22/h3-4,7-8,16H,2,5-6,9-13H2,1H3/t16-/m1/s1. The number of aryl methyl sites for hydroxylation is 1. The van der Waals surface area contributed by atoms with Crippen LogP contribution in [0.15, 0.2) is 28.8 Å². The first-order chi connectivity index (χ1) is 12.2. The van der Waals surface area contributed by atoms with E-state index in [1.54, 1.807) is 0 Å². The zero-order valence-corrected chi connectivity index (χ0v) is 14.6. The van der Waals surface area contributed by atoms with Crippen molar-refractivity contribution < 1.29 is 9.32 Å². The van der Waals surface area contributed by atoms with Gasteiger partial charge in [0.2, 0.25) is 11.8 Å². The van der Waals surface area contributed by atoms with Crippen molar-refractivity contribution in [2.45, 2.75) is 51.7 Å². The summed E-state index contributed by atoms with van der Waals surface area (Å²) in [4.78, 5) is 21.7. The maximum atomic E-state index is 13.1. The molecule has 25 heavy (non-hydrogen) atoms. The fourth-order valence-electron chi connectivity index (χ4n) is 3.81. The van der Waals surface area contributed by atoms with Crippen LogP contribution >= 0.6 is 0 Å². The summed E-state index contributed by atoms with van der Waals surface area (Å²) in [6, 6.07) is 8.24. The minimum Gasteiger partial charge on any atom is -0.341 e. The molecule has 0 saturated carbocycles. The minimum absolute atomic E-state index is 0.148. The lowest BCUT2D eigenvalue weighted by atomic mass is 9.93. The van der Waals surface area contributed by atoms with Crippen LogP contribution in [0.1, 0.15) is 42.6 Å². The Kier molecular flexibility index (Phi) is 4.53. The van der Waals surface area contributed by atoms with E-state index in [1.165, 1.54) is 11.1 Å². The quantitative estimate of drug-likeness (QED) is 0.854. The largest absolute Gasteiger partial charge is 0.341 e. The Balaban J connectivity index is 1.59. The molecule has 2 aliphatic heterocycles. The Morgan fingerprint density at radius 3 is 2.72 bits per heavy atom. The predicted octanol–water partition coefficient (Wildman–Crippen LogP) is 2.18. The summed E-state index contributed by atoms with van der Waals surface area (Å²) in [5, 5.41) is 3.98. The van der Waals surface area contributed by atoms with Crippen molar-refractivity contribution in [1.29, 1.82) is 0 Å². The molecule has 3 heterocycles. The Morgan fingerprint density at radius 2 is 2.00 bits per heavy atom. The number of carbonyl (C=O) groups excluding carboxylic acids is 1. The van der Waals surface area contributed by atoms with Gasteiger partial charge in [-0.2, -0.15) is 4.98 Å². The highest BCUT2D eigenvalue weighted by Gasteiger charge is 2.35. The minimum atomic E-state index is -0.148. The third kappa shape index (κ3) is 3.31. The first-order valence-electron chi connectivity index (χ1n) is 9.15. The zero-order valence-electron chi connectivity index (χ0n) is 14.6. The third-order valence-electron chi connectivity index (χ3n) is 5.21. The third-order valence-corrected chi connectivity index (χ3v) is 5.21. The summed E-state index contributed by atoms with van der Waals surface area (Å²) >= 11 is 0. The van der Waals surface area contributed by atoms with Crippen molar-refractivity contribution in [3.63, 3.8) is 0 Å².